The summed E-state index contributed by atoms with van der Waals surface area (Å²) in [4.78, 5) is 16.0. The number of carbonyl (C=O) groups is 1. The van der Waals surface area contributed by atoms with Crippen molar-refractivity contribution in [3.8, 4) is 5.75 Å². The summed E-state index contributed by atoms with van der Waals surface area (Å²) in [5, 5.41) is 10.1. The molecule has 106 valence electrons. The molecule has 0 unspecified atom stereocenters. The van der Waals surface area contributed by atoms with E-state index in [0.29, 0.717) is 29.6 Å². The highest BCUT2D eigenvalue weighted by molar-refractivity contribution is 6.05. The van der Waals surface area contributed by atoms with Crippen molar-refractivity contribution in [2.24, 2.45) is 5.73 Å². The third-order valence-electron chi connectivity index (χ3n) is 3.27. The van der Waals surface area contributed by atoms with E-state index in [9.17, 15) is 9.90 Å². The first kappa shape index (κ1) is 14.3. The Kier molecular flexibility index (Phi) is 4.20. The first-order valence-electron chi connectivity index (χ1n) is 6.49. The van der Waals surface area contributed by atoms with Crippen LogP contribution < -0.4 is 10.5 Å². The zero-order chi connectivity index (χ0) is 14.7. The molecule has 0 fully saturated rings. The van der Waals surface area contributed by atoms with E-state index >= 15 is 0 Å². The molecule has 0 atom stereocenters. The van der Waals surface area contributed by atoms with Crippen LogP contribution in [-0.2, 0) is 6.42 Å². The molecule has 0 aliphatic carbocycles. The van der Waals surface area contributed by atoms with Crippen LogP contribution in [0.3, 0.4) is 0 Å². The van der Waals surface area contributed by atoms with Crippen LogP contribution >= 0.6 is 0 Å². The van der Waals surface area contributed by atoms with E-state index in [1.165, 1.54) is 0 Å². The lowest BCUT2D eigenvalue weighted by Crippen LogP contribution is -2.06. The third-order valence-corrected chi connectivity index (χ3v) is 3.27. The van der Waals surface area contributed by atoms with Crippen molar-refractivity contribution in [1.29, 1.82) is 0 Å². The van der Waals surface area contributed by atoms with Crippen molar-refractivity contribution in [3.05, 3.63) is 35.0 Å². The SMILES string of the molecule is COc1ccc(C)c2c(C(=O)O)cc(CCCN)nc12. The number of benzene rings is 1. The van der Waals surface area contributed by atoms with Gasteiger partial charge in [-0.25, -0.2) is 9.78 Å². The highest BCUT2D eigenvalue weighted by Gasteiger charge is 2.16. The maximum absolute atomic E-state index is 11.5. The molecule has 0 saturated carbocycles. The Morgan fingerprint density at radius 1 is 1.45 bits per heavy atom. The molecule has 5 heteroatoms. The van der Waals surface area contributed by atoms with Crippen molar-refractivity contribution in [3.63, 3.8) is 0 Å². The number of aryl methyl sites for hydroxylation is 2. The van der Waals surface area contributed by atoms with Crippen molar-refractivity contribution in [2.75, 3.05) is 13.7 Å². The molecule has 0 radical (unpaired) electrons. The number of hydrogen-bond donors (Lipinski definition) is 2. The fourth-order valence-electron chi connectivity index (χ4n) is 2.28. The van der Waals surface area contributed by atoms with E-state index in [0.717, 1.165) is 17.7 Å². The molecule has 1 aromatic carbocycles. The number of hydrogen-bond acceptors (Lipinski definition) is 4. The molecule has 0 spiro atoms. The number of carboxylic acids is 1. The summed E-state index contributed by atoms with van der Waals surface area (Å²) < 4.78 is 5.30. The van der Waals surface area contributed by atoms with Gasteiger partial charge in [0.2, 0.25) is 0 Å². The van der Waals surface area contributed by atoms with Crippen LogP contribution in [0.15, 0.2) is 18.2 Å². The van der Waals surface area contributed by atoms with Gasteiger partial charge in [0.15, 0.2) is 0 Å². The van der Waals surface area contributed by atoms with E-state index in [1.807, 2.05) is 19.1 Å². The molecule has 5 nitrogen and oxygen atoms in total. The Bertz CT molecular complexity index is 653. The molecule has 20 heavy (non-hydrogen) atoms. The van der Waals surface area contributed by atoms with Gasteiger partial charge in [0.1, 0.15) is 11.3 Å². The summed E-state index contributed by atoms with van der Waals surface area (Å²) >= 11 is 0. The van der Waals surface area contributed by atoms with Crippen molar-refractivity contribution >= 4 is 16.9 Å². The number of fused-ring (bicyclic) bond motifs is 1. The molecule has 0 aliphatic heterocycles. The molecule has 0 amide bonds. The van der Waals surface area contributed by atoms with Crippen molar-refractivity contribution in [1.82, 2.24) is 4.98 Å². The predicted molar refractivity (Wildman–Crippen MR) is 77.4 cm³/mol. The normalized spacial score (nSPS) is 10.8. The first-order valence-corrected chi connectivity index (χ1v) is 6.49. The smallest absolute Gasteiger partial charge is 0.336 e. The van der Waals surface area contributed by atoms with Crippen LogP contribution in [0.1, 0.15) is 28.0 Å². The Balaban J connectivity index is 2.74. The molecule has 0 saturated heterocycles. The maximum Gasteiger partial charge on any atom is 0.336 e. The minimum atomic E-state index is -0.956. The van der Waals surface area contributed by atoms with E-state index in [4.69, 9.17) is 10.5 Å². The molecule has 0 bridgehead atoms. The number of nitrogens with two attached hydrogens (primary N) is 1. The number of aromatic carboxylic acids is 1. The molecule has 0 aliphatic rings. The second-order valence-corrected chi connectivity index (χ2v) is 4.67. The number of carboxylic acid groups (broad SMARTS) is 1. The average Bonchev–Trinajstić information content (AvgIpc) is 2.44. The number of pyridine rings is 1. The lowest BCUT2D eigenvalue weighted by atomic mass is 10.0. The second-order valence-electron chi connectivity index (χ2n) is 4.67. The maximum atomic E-state index is 11.5. The summed E-state index contributed by atoms with van der Waals surface area (Å²) in [5.41, 5.74) is 7.95. The molecule has 1 aromatic heterocycles. The quantitative estimate of drug-likeness (QED) is 0.872. The highest BCUT2D eigenvalue weighted by Crippen LogP contribution is 2.30. The van der Waals surface area contributed by atoms with Crippen LogP contribution in [0.2, 0.25) is 0 Å². The molecule has 1 heterocycles. The monoisotopic (exact) mass is 274 g/mol. The Labute approximate surface area is 117 Å². The van der Waals surface area contributed by atoms with Gasteiger partial charge in [0, 0.05) is 11.1 Å². The lowest BCUT2D eigenvalue weighted by molar-refractivity contribution is 0.0698. The minimum Gasteiger partial charge on any atom is -0.494 e. The largest absolute Gasteiger partial charge is 0.494 e. The van der Waals surface area contributed by atoms with Gasteiger partial charge in [-0.2, -0.15) is 0 Å². The van der Waals surface area contributed by atoms with Crippen LogP contribution in [0.4, 0.5) is 0 Å². The van der Waals surface area contributed by atoms with E-state index in [1.54, 1.807) is 13.2 Å². The number of methoxy groups -OCH3 is 1. The lowest BCUT2D eigenvalue weighted by Gasteiger charge is -2.12. The van der Waals surface area contributed by atoms with Crippen LogP contribution in [0, 0.1) is 6.92 Å². The molecule has 2 rings (SSSR count). The Morgan fingerprint density at radius 3 is 2.80 bits per heavy atom. The van der Waals surface area contributed by atoms with Gasteiger partial charge in [0.05, 0.1) is 12.7 Å². The van der Waals surface area contributed by atoms with Gasteiger partial charge >= 0.3 is 5.97 Å². The number of rotatable bonds is 5. The molecular formula is C15H18N2O3. The molecule has 2 aromatic rings. The summed E-state index contributed by atoms with van der Waals surface area (Å²) in [6.07, 6.45) is 1.43. The second kappa shape index (κ2) is 5.88. The van der Waals surface area contributed by atoms with E-state index in [-0.39, 0.29) is 5.56 Å². The number of aromatic nitrogens is 1. The van der Waals surface area contributed by atoms with Gasteiger partial charge in [-0.1, -0.05) is 6.07 Å². The average molecular weight is 274 g/mol. The predicted octanol–water partition coefficient (Wildman–Crippen LogP) is 2.14. The van der Waals surface area contributed by atoms with Gasteiger partial charge in [-0.3, -0.25) is 0 Å². The fourth-order valence-corrected chi connectivity index (χ4v) is 2.28. The van der Waals surface area contributed by atoms with Gasteiger partial charge in [0.25, 0.3) is 0 Å². The van der Waals surface area contributed by atoms with Crippen LogP contribution in [-0.4, -0.2) is 29.7 Å². The van der Waals surface area contributed by atoms with Crippen LogP contribution in [0.25, 0.3) is 10.9 Å². The summed E-state index contributed by atoms with van der Waals surface area (Å²) in [6.45, 7) is 2.42. The summed E-state index contributed by atoms with van der Waals surface area (Å²) in [7, 11) is 1.55. The number of ether oxygens (including phenoxy) is 1. The zero-order valence-corrected chi connectivity index (χ0v) is 11.6. The van der Waals surface area contributed by atoms with Gasteiger partial charge in [-0.15, -0.1) is 0 Å². The highest BCUT2D eigenvalue weighted by atomic mass is 16.5. The molecule has 3 N–H and O–H groups in total. The van der Waals surface area contributed by atoms with E-state index in [2.05, 4.69) is 4.98 Å². The van der Waals surface area contributed by atoms with E-state index < -0.39 is 5.97 Å². The van der Waals surface area contributed by atoms with Gasteiger partial charge in [-0.05, 0) is 44.0 Å². The molecular weight excluding hydrogens is 256 g/mol. The van der Waals surface area contributed by atoms with Gasteiger partial charge < -0.3 is 15.6 Å². The topological polar surface area (TPSA) is 85.4 Å². The van der Waals surface area contributed by atoms with Crippen molar-refractivity contribution < 1.29 is 14.6 Å². The zero-order valence-electron chi connectivity index (χ0n) is 11.6. The third kappa shape index (κ3) is 2.58. The first-order chi connectivity index (χ1) is 9.58. The summed E-state index contributed by atoms with van der Waals surface area (Å²) in [6, 6.07) is 5.28. The standard InChI is InChI=1S/C15H18N2O3/c1-9-5-6-12(20-2)14-13(9)11(15(18)19)8-10(17-14)4-3-7-16/h5-6,8H,3-4,7,16H2,1-2H3,(H,18,19). The number of nitrogens with zero attached hydrogens (tertiary/aromatic N) is 1. The van der Waals surface area contributed by atoms with Crippen molar-refractivity contribution in [2.45, 2.75) is 19.8 Å². The Hall–Kier alpha value is -2.14. The Morgan fingerprint density at radius 2 is 2.20 bits per heavy atom. The minimum absolute atomic E-state index is 0.262. The summed E-state index contributed by atoms with van der Waals surface area (Å²) in [5.74, 6) is -0.370. The van der Waals surface area contributed by atoms with Crippen LogP contribution in [0.5, 0.6) is 5.75 Å². The fraction of sp³-hybridized carbons (Fsp3) is 0.333.